The van der Waals surface area contributed by atoms with Crippen LogP contribution in [-0.2, 0) is 9.59 Å². The first-order valence-electron chi connectivity index (χ1n) is 7.39. The number of nitrogens with zero attached hydrogens (tertiary/aromatic N) is 2. The molecule has 1 saturated carbocycles. The Balaban J connectivity index is 1.95. The van der Waals surface area contributed by atoms with Crippen molar-refractivity contribution in [3.05, 3.63) is 33.9 Å². The summed E-state index contributed by atoms with van der Waals surface area (Å²) in [5.74, 6) is -1.72. The average Bonchev–Trinajstić information content (AvgIpc) is 2.55. The van der Waals surface area contributed by atoms with Crippen molar-refractivity contribution in [1.82, 2.24) is 5.43 Å². The molecule has 0 heterocycles. The molecular formula is C15H18N4O4. The van der Waals surface area contributed by atoms with Gasteiger partial charge in [0.1, 0.15) is 0 Å². The van der Waals surface area contributed by atoms with Crippen molar-refractivity contribution in [1.29, 1.82) is 0 Å². The molecule has 0 unspecified atom stereocenters. The van der Waals surface area contributed by atoms with Gasteiger partial charge in [-0.3, -0.25) is 19.7 Å². The standard InChI is InChI=1S/C15H18N4O4/c1-10-9-12(19(22)23)7-8-13(10)16-14(20)15(21)18-17-11-5-3-2-4-6-11/h7-9H,2-6H2,1H3,(H,16,20)(H,18,21). The lowest BCUT2D eigenvalue weighted by Crippen LogP contribution is -2.33. The highest BCUT2D eigenvalue weighted by Crippen LogP contribution is 2.21. The Morgan fingerprint density at radius 2 is 1.87 bits per heavy atom. The normalized spacial score (nSPS) is 14.0. The Labute approximate surface area is 133 Å². The van der Waals surface area contributed by atoms with E-state index in [0.29, 0.717) is 11.3 Å². The third kappa shape index (κ3) is 4.60. The minimum atomic E-state index is -0.860. The Morgan fingerprint density at radius 1 is 1.17 bits per heavy atom. The summed E-state index contributed by atoms with van der Waals surface area (Å²) in [5.41, 5.74) is 3.91. The molecule has 1 aromatic carbocycles. The Hall–Kier alpha value is -2.77. The van der Waals surface area contributed by atoms with Crippen LogP contribution in [0.4, 0.5) is 11.4 Å². The predicted octanol–water partition coefficient (Wildman–Crippen LogP) is 2.28. The fraction of sp³-hybridized carbons (Fsp3) is 0.400. The zero-order valence-electron chi connectivity index (χ0n) is 12.8. The summed E-state index contributed by atoms with van der Waals surface area (Å²) in [5, 5.41) is 17.1. The summed E-state index contributed by atoms with van der Waals surface area (Å²) in [6, 6.07) is 3.99. The van der Waals surface area contributed by atoms with Crippen LogP contribution in [-0.4, -0.2) is 22.4 Å². The number of nitrogens with one attached hydrogen (secondary N) is 2. The maximum Gasteiger partial charge on any atom is 0.329 e. The minimum Gasteiger partial charge on any atom is -0.317 e. The van der Waals surface area contributed by atoms with E-state index in [1.165, 1.54) is 18.2 Å². The van der Waals surface area contributed by atoms with Crippen LogP contribution in [0.5, 0.6) is 0 Å². The van der Waals surface area contributed by atoms with Crippen LogP contribution in [0.1, 0.15) is 37.7 Å². The van der Waals surface area contributed by atoms with Crippen LogP contribution in [0, 0.1) is 17.0 Å². The molecule has 23 heavy (non-hydrogen) atoms. The number of hydrazone groups is 1. The lowest BCUT2D eigenvalue weighted by atomic mass is 9.99. The van der Waals surface area contributed by atoms with Gasteiger partial charge in [-0.1, -0.05) is 6.42 Å². The van der Waals surface area contributed by atoms with Gasteiger partial charge in [0.05, 0.1) is 4.92 Å². The first kappa shape index (κ1) is 16.6. The van der Waals surface area contributed by atoms with Gasteiger partial charge >= 0.3 is 11.8 Å². The van der Waals surface area contributed by atoms with Crippen molar-refractivity contribution in [3.8, 4) is 0 Å². The molecule has 0 bridgehead atoms. The average molecular weight is 318 g/mol. The monoisotopic (exact) mass is 318 g/mol. The molecular weight excluding hydrogens is 300 g/mol. The summed E-state index contributed by atoms with van der Waals surface area (Å²) in [6.07, 6.45) is 4.92. The molecule has 0 radical (unpaired) electrons. The van der Waals surface area contributed by atoms with E-state index in [0.717, 1.165) is 37.8 Å². The van der Waals surface area contributed by atoms with Gasteiger partial charge in [-0.05, 0) is 44.2 Å². The number of nitro benzene ring substituents is 1. The molecule has 0 atom stereocenters. The number of carbonyl (C=O) groups excluding carboxylic acids is 2. The van der Waals surface area contributed by atoms with E-state index in [1.54, 1.807) is 6.92 Å². The topological polar surface area (TPSA) is 114 Å². The second kappa shape index (κ2) is 7.48. The van der Waals surface area contributed by atoms with Crippen molar-refractivity contribution in [2.24, 2.45) is 5.10 Å². The zero-order chi connectivity index (χ0) is 16.8. The fourth-order valence-corrected chi connectivity index (χ4v) is 2.33. The van der Waals surface area contributed by atoms with Gasteiger partial charge in [-0.25, -0.2) is 5.43 Å². The Kier molecular flexibility index (Phi) is 5.40. The fourth-order valence-electron chi connectivity index (χ4n) is 2.33. The van der Waals surface area contributed by atoms with E-state index >= 15 is 0 Å². The van der Waals surface area contributed by atoms with Crippen LogP contribution in [0.3, 0.4) is 0 Å². The number of anilines is 1. The molecule has 1 aromatic rings. The van der Waals surface area contributed by atoms with E-state index in [1.807, 2.05) is 0 Å². The minimum absolute atomic E-state index is 0.0753. The van der Waals surface area contributed by atoms with Crippen molar-refractivity contribution in [2.75, 3.05) is 5.32 Å². The summed E-state index contributed by atoms with van der Waals surface area (Å²) < 4.78 is 0. The molecule has 2 N–H and O–H groups in total. The second-order valence-corrected chi connectivity index (χ2v) is 5.39. The highest BCUT2D eigenvalue weighted by atomic mass is 16.6. The van der Waals surface area contributed by atoms with Crippen LogP contribution >= 0.6 is 0 Å². The number of rotatable bonds is 3. The summed E-state index contributed by atoms with van der Waals surface area (Å²) in [4.78, 5) is 33.7. The molecule has 1 fully saturated rings. The van der Waals surface area contributed by atoms with Crippen LogP contribution in [0.2, 0.25) is 0 Å². The quantitative estimate of drug-likeness (QED) is 0.505. The lowest BCUT2D eigenvalue weighted by molar-refractivity contribution is -0.384. The van der Waals surface area contributed by atoms with E-state index in [-0.39, 0.29) is 5.69 Å². The molecule has 1 aliphatic rings. The number of non-ortho nitro benzene ring substituents is 1. The van der Waals surface area contributed by atoms with Gasteiger partial charge in [0.15, 0.2) is 0 Å². The number of carbonyl (C=O) groups is 2. The Bertz CT molecular complexity index is 661. The molecule has 0 aromatic heterocycles. The van der Waals surface area contributed by atoms with Crippen molar-refractivity contribution < 1.29 is 14.5 Å². The molecule has 2 rings (SSSR count). The smallest absolute Gasteiger partial charge is 0.317 e. The first-order valence-corrected chi connectivity index (χ1v) is 7.39. The third-order valence-electron chi connectivity index (χ3n) is 3.62. The summed E-state index contributed by atoms with van der Waals surface area (Å²) in [6.45, 7) is 1.61. The second-order valence-electron chi connectivity index (χ2n) is 5.39. The van der Waals surface area contributed by atoms with Crippen molar-refractivity contribution in [3.63, 3.8) is 0 Å². The number of hydrogen-bond acceptors (Lipinski definition) is 5. The Morgan fingerprint density at radius 3 is 2.48 bits per heavy atom. The van der Waals surface area contributed by atoms with E-state index < -0.39 is 16.7 Å². The molecule has 1 aliphatic carbocycles. The number of benzene rings is 1. The molecule has 8 heteroatoms. The maximum atomic E-state index is 11.8. The van der Waals surface area contributed by atoms with Gasteiger partial charge in [0, 0.05) is 23.5 Å². The van der Waals surface area contributed by atoms with Crippen molar-refractivity contribution >= 4 is 28.9 Å². The van der Waals surface area contributed by atoms with Gasteiger partial charge in [-0.15, -0.1) is 0 Å². The van der Waals surface area contributed by atoms with Crippen LogP contribution in [0.15, 0.2) is 23.3 Å². The predicted molar refractivity (Wildman–Crippen MR) is 85.1 cm³/mol. The van der Waals surface area contributed by atoms with E-state index in [2.05, 4.69) is 15.8 Å². The molecule has 0 aliphatic heterocycles. The van der Waals surface area contributed by atoms with Crippen LogP contribution in [0.25, 0.3) is 0 Å². The van der Waals surface area contributed by atoms with Gasteiger partial charge in [0.25, 0.3) is 5.69 Å². The maximum absolute atomic E-state index is 11.8. The third-order valence-corrected chi connectivity index (χ3v) is 3.62. The number of amides is 2. The van der Waals surface area contributed by atoms with E-state index in [4.69, 9.17) is 0 Å². The first-order chi connectivity index (χ1) is 11.0. The highest BCUT2D eigenvalue weighted by Gasteiger charge is 2.16. The highest BCUT2D eigenvalue weighted by molar-refractivity contribution is 6.39. The number of nitro groups is 1. The summed E-state index contributed by atoms with van der Waals surface area (Å²) in [7, 11) is 0. The molecule has 122 valence electrons. The number of hydrogen-bond donors (Lipinski definition) is 2. The largest absolute Gasteiger partial charge is 0.329 e. The molecule has 0 spiro atoms. The van der Waals surface area contributed by atoms with Crippen LogP contribution < -0.4 is 10.7 Å². The number of aryl methyl sites for hydroxylation is 1. The van der Waals surface area contributed by atoms with Gasteiger partial charge in [-0.2, -0.15) is 5.10 Å². The lowest BCUT2D eigenvalue weighted by Gasteiger charge is -2.12. The molecule has 0 saturated heterocycles. The zero-order valence-corrected chi connectivity index (χ0v) is 12.8. The SMILES string of the molecule is Cc1cc([N+](=O)[O-])ccc1NC(=O)C(=O)NN=C1CCCCC1. The molecule has 2 amide bonds. The van der Waals surface area contributed by atoms with E-state index in [9.17, 15) is 19.7 Å². The van der Waals surface area contributed by atoms with Crippen molar-refractivity contribution in [2.45, 2.75) is 39.0 Å². The van der Waals surface area contributed by atoms with Gasteiger partial charge in [0.2, 0.25) is 0 Å². The summed E-state index contributed by atoms with van der Waals surface area (Å²) >= 11 is 0. The van der Waals surface area contributed by atoms with Gasteiger partial charge < -0.3 is 5.32 Å². The molecule has 8 nitrogen and oxygen atoms in total.